The summed E-state index contributed by atoms with van der Waals surface area (Å²) in [6.45, 7) is 0. The van der Waals surface area contributed by atoms with Crippen LogP contribution in [0.25, 0.3) is 10.8 Å². The fourth-order valence-corrected chi connectivity index (χ4v) is 1.18. The molecule has 0 atom stereocenters. The summed E-state index contributed by atoms with van der Waals surface area (Å²) < 4.78 is 0. The number of carbonyl (C=O) groups excluding carboxylic acids is 1. The maximum atomic E-state index is 10.5. The number of nitrogens with zero attached hydrogens (tertiary/aromatic N) is 1. The van der Waals surface area contributed by atoms with Gasteiger partial charge in [-0.15, -0.1) is 0 Å². The van der Waals surface area contributed by atoms with E-state index in [-0.39, 0.29) is 0 Å². The minimum Gasteiger partial charge on any atom is -0.296 e. The van der Waals surface area contributed by atoms with E-state index in [0.717, 1.165) is 17.1 Å². The van der Waals surface area contributed by atoms with Crippen LogP contribution in [0.15, 0.2) is 30.5 Å². The van der Waals surface area contributed by atoms with Gasteiger partial charge in [-0.25, -0.2) is 0 Å². The number of fused-ring (bicyclic) bond motifs is 1. The van der Waals surface area contributed by atoms with Crippen LogP contribution < -0.4 is 0 Å². The van der Waals surface area contributed by atoms with Crippen LogP contribution in [0.2, 0.25) is 0 Å². The molecule has 0 aliphatic heterocycles. The zero-order valence-corrected chi connectivity index (χ0v) is 6.32. The van der Waals surface area contributed by atoms with E-state index >= 15 is 0 Å². The lowest BCUT2D eigenvalue weighted by Crippen LogP contribution is -1.86. The van der Waals surface area contributed by atoms with Crippen molar-refractivity contribution in [2.24, 2.45) is 0 Å². The van der Waals surface area contributed by atoms with E-state index < -0.39 is 0 Å². The molecule has 1 aromatic carbocycles. The molecule has 0 saturated heterocycles. The lowest BCUT2D eigenvalue weighted by Gasteiger charge is -1.96. The Balaban J connectivity index is 2.88. The molecule has 0 aliphatic carbocycles. The average Bonchev–Trinajstić information content (AvgIpc) is 2.17. The van der Waals surface area contributed by atoms with Gasteiger partial charge in [-0.05, 0) is 23.6 Å². The average molecular weight is 156 g/mol. The molecule has 57 valence electrons. The number of benzene rings is 1. The zero-order chi connectivity index (χ0) is 8.39. The maximum absolute atomic E-state index is 10.5. The van der Waals surface area contributed by atoms with Crippen molar-refractivity contribution in [3.63, 3.8) is 0 Å². The third-order valence-electron chi connectivity index (χ3n) is 1.75. The van der Waals surface area contributed by atoms with Crippen LogP contribution in [0.5, 0.6) is 0 Å². The fraction of sp³-hybridized carbons (Fsp3) is 0. The molecular weight excluding hydrogens is 150 g/mol. The highest BCUT2D eigenvalue weighted by Crippen LogP contribution is 2.13. The van der Waals surface area contributed by atoms with Gasteiger partial charge < -0.3 is 0 Å². The standard InChI is InChI=1S/C10H6NO/c12-7-10-9-4-2-1-3-8(9)5-6-11-10/h2-7H. The molecule has 1 heterocycles. The van der Waals surface area contributed by atoms with E-state index in [9.17, 15) is 4.79 Å². The second-order valence-electron chi connectivity index (χ2n) is 2.46. The quantitative estimate of drug-likeness (QED) is 0.590. The summed E-state index contributed by atoms with van der Waals surface area (Å²) in [6, 6.07) is 10.3. The van der Waals surface area contributed by atoms with Crippen molar-refractivity contribution in [1.29, 1.82) is 0 Å². The van der Waals surface area contributed by atoms with Gasteiger partial charge in [-0.1, -0.05) is 12.1 Å². The van der Waals surface area contributed by atoms with Crippen molar-refractivity contribution in [3.8, 4) is 0 Å². The van der Waals surface area contributed by atoms with Crippen molar-refractivity contribution >= 4 is 17.1 Å². The summed E-state index contributed by atoms with van der Waals surface area (Å²) in [5.74, 6) is 0. The van der Waals surface area contributed by atoms with Crippen molar-refractivity contribution < 1.29 is 4.79 Å². The molecule has 2 rings (SSSR count). The number of carbonyl (C=O) groups is 1. The summed E-state index contributed by atoms with van der Waals surface area (Å²) in [7, 11) is 0. The Kier molecular flexibility index (Phi) is 1.59. The zero-order valence-electron chi connectivity index (χ0n) is 6.32. The van der Waals surface area contributed by atoms with Crippen LogP contribution in [0.1, 0.15) is 10.5 Å². The molecule has 0 spiro atoms. The summed E-state index contributed by atoms with van der Waals surface area (Å²) in [5.41, 5.74) is 0.488. The van der Waals surface area contributed by atoms with Crippen molar-refractivity contribution in [2.45, 2.75) is 0 Å². The molecular formula is C10H6NO. The Hall–Kier alpha value is -1.70. The Bertz CT molecular complexity index is 418. The SMILES string of the molecule is O=Cc1nccc2c[c]ccc12. The highest BCUT2D eigenvalue weighted by atomic mass is 16.1. The van der Waals surface area contributed by atoms with Gasteiger partial charge in [0.05, 0.1) is 0 Å². The van der Waals surface area contributed by atoms with Crippen LogP contribution >= 0.6 is 0 Å². The van der Waals surface area contributed by atoms with Gasteiger partial charge in [0.15, 0.2) is 6.29 Å². The molecule has 0 amide bonds. The predicted octanol–water partition coefficient (Wildman–Crippen LogP) is 1.85. The van der Waals surface area contributed by atoms with Gasteiger partial charge in [-0.2, -0.15) is 0 Å². The number of aromatic nitrogens is 1. The van der Waals surface area contributed by atoms with Crippen LogP contribution in [-0.2, 0) is 0 Å². The van der Waals surface area contributed by atoms with Gasteiger partial charge in [0, 0.05) is 11.6 Å². The topological polar surface area (TPSA) is 30.0 Å². The summed E-state index contributed by atoms with van der Waals surface area (Å²) in [6.07, 6.45) is 2.39. The molecule has 0 aliphatic rings. The first-order chi connectivity index (χ1) is 5.92. The third-order valence-corrected chi connectivity index (χ3v) is 1.75. The number of aldehydes is 1. The summed E-state index contributed by atoms with van der Waals surface area (Å²) >= 11 is 0. The van der Waals surface area contributed by atoms with Crippen LogP contribution in [0, 0.1) is 6.07 Å². The molecule has 0 unspecified atom stereocenters. The van der Waals surface area contributed by atoms with Gasteiger partial charge >= 0.3 is 0 Å². The first-order valence-corrected chi connectivity index (χ1v) is 3.62. The Morgan fingerprint density at radius 3 is 3.17 bits per heavy atom. The highest BCUT2D eigenvalue weighted by Gasteiger charge is 1.97. The molecule has 2 nitrogen and oxygen atoms in total. The van der Waals surface area contributed by atoms with E-state index in [4.69, 9.17) is 0 Å². The van der Waals surface area contributed by atoms with E-state index in [2.05, 4.69) is 11.1 Å². The maximum Gasteiger partial charge on any atom is 0.169 e. The molecule has 12 heavy (non-hydrogen) atoms. The number of hydrogen-bond donors (Lipinski definition) is 0. The van der Waals surface area contributed by atoms with Gasteiger partial charge in [0.1, 0.15) is 5.69 Å². The van der Waals surface area contributed by atoms with E-state index in [1.54, 1.807) is 12.3 Å². The Morgan fingerprint density at radius 2 is 2.33 bits per heavy atom. The van der Waals surface area contributed by atoms with Gasteiger partial charge in [-0.3, -0.25) is 9.78 Å². The van der Waals surface area contributed by atoms with E-state index in [0.29, 0.717) is 5.69 Å². The van der Waals surface area contributed by atoms with E-state index in [1.165, 1.54) is 0 Å². The number of hydrogen-bond acceptors (Lipinski definition) is 2. The first-order valence-electron chi connectivity index (χ1n) is 3.62. The monoisotopic (exact) mass is 156 g/mol. The molecule has 1 radical (unpaired) electrons. The van der Waals surface area contributed by atoms with Gasteiger partial charge in [0.2, 0.25) is 0 Å². The lowest BCUT2D eigenvalue weighted by molar-refractivity contribution is 0.112. The van der Waals surface area contributed by atoms with Crippen molar-refractivity contribution in [1.82, 2.24) is 4.98 Å². The largest absolute Gasteiger partial charge is 0.296 e. The van der Waals surface area contributed by atoms with Crippen LogP contribution in [0.3, 0.4) is 0 Å². The van der Waals surface area contributed by atoms with Crippen molar-refractivity contribution in [3.05, 3.63) is 42.2 Å². The Labute approximate surface area is 69.9 Å². The predicted molar refractivity (Wildman–Crippen MR) is 46.0 cm³/mol. The lowest BCUT2D eigenvalue weighted by atomic mass is 10.1. The van der Waals surface area contributed by atoms with Gasteiger partial charge in [0.25, 0.3) is 0 Å². The minimum absolute atomic E-state index is 0.488. The smallest absolute Gasteiger partial charge is 0.169 e. The fourth-order valence-electron chi connectivity index (χ4n) is 1.18. The molecule has 0 fully saturated rings. The highest BCUT2D eigenvalue weighted by molar-refractivity contribution is 5.95. The number of pyridine rings is 1. The Morgan fingerprint density at radius 1 is 1.42 bits per heavy atom. The minimum atomic E-state index is 0.488. The molecule has 0 bridgehead atoms. The van der Waals surface area contributed by atoms with E-state index in [1.807, 2.05) is 18.2 Å². The molecule has 0 N–H and O–H groups in total. The number of rotatable bonds is 1. The normalized spacial score (nSPS) is 10.0. The first kappa shape index (κ1) is 6.98. The van der Waals surface area contributed by atoms with Crippen LogP contribution in [0.4, 0.5) is 0 Å². The summed E-state index contributed by atoms with van der Waals surface area (Å²) in [5, 5.41) is 1.88. The molecule has 2 heteroatoms. The third kappa shape index (κ3) is 0.975. The molecule has 1 aromatic heterocycles. The summed E-state index contributed by atoms with van der Waals surface area (Å²) in [4.78, 5) is 14.5. The van der Waals surface area contributed by atoms with Crippen LogP contribution in [-0.4, -0.2) is 11.3 Å². The molecule has 2 aromatic rings. The van der Waals surface area contributed by atoms with Crippen molar-refractivity contribution in [2.75, 3.05) is 0 Å². The second kappa shape index (κ2) is 2.74. The molecule has 0 saturated carbocycles. The second-order valence-corrected chi connectivity index (χ2v) is 2.46.